The fourth-order valence-electron chi connectivity index (χ4n) is 6.52. The van der Waals surface area contributed by atoms with E-state index in [1.165, 1.54) is 27.7 Å². The van der Waals surface area contributed by atoms with E-state index in [4.69, 9.17) is 0 Å². The molecule has 0 fully saturated rings. The van der Waals surface area contributed by atoms with Gasteiger partial charge in [0.05, 0.1) is 32.8 Å². The van der Waals surface area contributed by atoms with Crippen molar-refractivity contribution in [2.45, 2.75) is 19.5 Å². The normalized spacial score (nSPS) is 11.9. The molecule has 1 N–H and O–H groups in total. The van der Waals surface area contributed by atoms with Gasteiger partial charge in [-0.25, -0.2) is 0 Å². The number of aromatic amines is 1. The second kappa shape index (κ2) is 14.4. The maximum Gasteiger partial charge on any atom is 0.418 e. The predicted octanol–water partition coefficient (Wildman–Crippen LogP) is 12.9. The van der Waals surface area contributed by atoms with E-state index in [-0.39, 0.29) is 16.3 Å². The lowest BCUT2D eigenvalue weighted by Gasteiger charge is -2.14. The van der Waals surface area contributed by atoms with Gasteiger partial charge >= 0.3 is 6.18 Å². The zero-order valence-corrected chi connectivity index (χ0v) is 29.4. The number of nitro benzene ring substituents is 1. The first-order valence-corrected chi connectivity index (χ1v) is 17.3. The Bertz CT molecular complexity index is 2600. The molecule has 9 rings (SSSR count). The molecule has 52 heavy (non-hydrogen) atoms. The van der Waals surface area contributed by atoms with Crippen molar-refractivity contribution in [3.63, 3.8) is 0 Å². The SMILES string of the molecule is Cc1ccccc1Br.FC(F)(F)c1ccccc1-n1ccc2c3[nH]c4ccccc4c3ccc21.O=[N+]([O-])c1ccccc1-c1ccc2c(c1)C=CC2. The molecule has 258 valence electrons. The highest BCUT2D eigenvalue weighted by atomic mass is 79.9. The largest absolute Gasteiger partial charge is 0.418 e. The van der Waals surface area contributed by atoms with Crippen molar-refractivity contribution in [3.05, 3.63) is 183 Å². The third kappa shape index (κ3) is 6.87. The molecule has 8 aromatic rings. The minimum Gasteiger partial charge on any atom is -0.354 e. The molecule has 0 unspecified atom stereocenters. The first-order valence-electron chi connectivity index (χ1n) is 16.5. The number of rotatable bonds is 3. The zero-order valence-electron chi connectivity index (χ0n) is 27.9. The summed E-state index contributed by atoms with van der Waals surface area (Å²) in [5.74, 6) is 0. The first kappa shape index (κ1) is 34.5. The Labute approximate surface area is 305 Å². The molecular weight excluding hydrogens is 727 g/mol. The van der Waals surface area contributed by atoms with Gasteiger partial charge in [0.15, 0.2) is 0 Å². The number of allylic oxidation sites excluding steroid dienone is 1. The van der Waals surface area contributed by atoms with E-state index in [1.807, 2.05) is 84.9 Å². The number of nitrogens with zero attached hydrogens (tertiary/aromatic N) is 2. The second-order valence-corrected chi connectivity index (χ2v) is 13.2. The summed E-state index contributed by atoms with van der Waals surface area (Å²) in [5.41, 5.74) is 7.61. The topological polar surface area (TPSA) is 63.9 Å². The van der Waals surface area contributed by atoms with E-state index in [2.05, 4.69) is 46.1 Å². The highest BCUT2D eigenvalue weighted by Crippen LogP contribution is 2.37. The first-order chi connectivity index (χ1) is 25.1. The maximum absolute atomic E-state index is 13.4. The van der Waals surface area contributed by atoms with Crippen LogP contribution in [0.5, 0.6) is 0 Å². The molecule has 0 saturated carbocycles. The highest BCUT2D eigenvalue weighted by molar-refractivity contribution is 9.10. The number of alkyl halides is 3. The smallest absolute Gasteiger partial charge is 0.354 e. The van der Waals surface area contributed by atoms with E-state index in [0.717, 1.165) is 56.3 Å². The number of benzene rings is 6. The van der Waals surface area contributed by atoms with Gasteiger partial charge in [0, 0.05) is 38.4 Å². The zero-order chi connectivity index (χ0) is 36.4. The summed E-state index contributed by atoms with van der Waals surface area (Å²) < 4.78 is 43.0. The van der Waals surface area contributed by atoms with Crippen LogP contribution in [0.2, 0.25) is 0 Å². The number of aryl methyl sites for hydroxylation is 1. The van der Waals surface area contributed by atoms with Gasteiger partial charge in [-0.05, 0) is 84.1 Å². The molecule has 0 radical (unpaired) electrons. The van der Waals surface area contributed by atoms with Crippen LogP contribution in [0.3, 0.4) is 0 Å². The molecule has 0 aliphatic heterocycles. The molecule has 1 aliphatic carbocycles. The lowest BCUT2D eigenvalue weighted by Crippen LogP contribution is -2.10. The Morgan fingerprint density at radius 2 is 1.52 bits per heavy atom. The summed E-state index contributed by atoms with van der Waals surface area (Å²) in [5, 5.41) is 14.1. The van der Waals surface area contributed by atoms with Gasteiger partial charge in [0.1, 0.15) is 0 Å². The van der Waals surface area contributed by atoms with Crippen molar-refractivity contribution < 1.29 is 18.1 Å². The van der Waals surface area contributed by atoms with E-state index in [0.29, 0.717) is 5.56 Å². The average molecular weight is 759 g/mol. The second-order valence-electron chi connectivity index (χ2n) is 12.3. The third-order valence-corrected chi connectivity index (χ3v) is 9.98. The van der Waals surface area contributed by atoms with Crippen LogP contribution in [-0.4, -0.2) is 14.5 Å². The fourth-order valence-corrected chi connectivity index (χ4v) is 6.80. The van der Waals surface area contributed by atoms with Crippen molar-refractivity contribution in [2.24, 2.45) is 0 Å². The summed E-state index contributed by atoms with van der Waals surface area (Å²) in [6, 6.07) is 40.3. The fraction of sp³-hybridized carbons (Fsp3) is 0.0698. The Morgan fingerprint density at radius 1 is 0.788 bits per heavy atom. The number of hydrogen-bond donors (Lipinski definition) is 1. The standard InChI is InChI=1S/C21H13F3N2.C15H11NO2.C7H7Br/c22-21(23,24)16-6-2-4-8-19(16)26-12-11-15-18(26)10-9-14-13-5-1-3-7-17(13)25-20(14)15;17-16(18)15-7-2-1-6-14(15)13-9-8-11-4-3-5-12(11)10-13;1-6-4-2-3-5-7(6)8/h1-12,25H;1-3,5-10H,4H2;2-5H,1H3. The van der Waals surface area contributed by atoms with Gasteiger partial charge in [0.2, 0.25) is 0 Å². The molecular formula is C43H31BrF3N3O2. The molecule has 6 aromatic carbocycles. The van der Waals surface area contributed by atoms with Crippen molar-refractivity contribution in [1.29, 1.82) is 0 Å². The van der Waals surface area contributed by atoms with E-state index >= 15 is 0 Å². The number of hydrogen-bond acceptors (Lipinski definition) is 2. The Balaban J connectivity index is 0.000000139. The summed E-state index contributed by atoms with van der Waals surface area (Å²) in [6.07, 6.45) is 2.41. The molecule has 1 aliphatic rings. The molecule has 5 nitrogen and oxygen atoms in total. The van der Waals surface area contributed by atoms with E-state index in [9.17, 15) is 23.3 Å². The number of aromatic nitrogens is 2. The van der Waals surface area contributed by atoms with Crippen LogP contribution in [-0.2, 0) is 12.6 Å². The maximum atomic E-state index is 13.4. The van der Waals surface area contributed by atoms with Crippen LogP contribution in [0.25, 0.3) is 55.6 Å². The van der Waals surface area contributed by atoms with E-state index < -0.39 is 11.7 Å². The number of nitro groups is 1. The molecule has 2 aromatic heterocycles. The van der Waals surface area contributed by atoms with Crippen molar-refractivity contribution >= 4 is 60.4 Å². The third-order valence-electron chi connectivity index (χ3n) is 9.09. The van der Waals surface area contributed by atoms with Crippen LogP contribution >= 0.6 is 15.9 Å². The minimum absolute atomic E-state index is 0.130. The van der Waals surface area contributed by atoms with Crippen molar-refractivity contribution in [1.82, 2.24) is 9.55 Å². The predicted molar refractivity (Wildman–Crippen MR) is 208 cm³/mol. The summed E-state index contributed by atoms with van der Waals surface area (Å²) in [4.78, 5) is 14.1. The summed E-state index contributed by atoms with van der Waals surface area (Å²) in [6.45, 7) is 2.07. The van der Waals surface area contributed by atoms with Gasteiger partial charge in [0.25, 0.3) is 5.69 Å². The number of halogens is 4. The minimum atomic E-state index is -4.40. The molecule has 0 amide bonds. The van der Waals surface area contributed by atoms with Gasteiger partial charge in [-0.2, -0.15) is 13.2 Å². The molecule has 0 spiro atoms. The number of H-pyrrole nitrogens is 1. The summed E-state index contributed by atoms with van der Waals surface area (Å²) >= 11 is 3.40. The Kier molecular flexibility index (Phi) is 9.53. The number of para-hydroxylation sites is 3. The van der Waals surface area contributed by atoms with Gasteiger partial charge < -0.3 is 9.55 Å². The molecule has 0 bridgehead atoms. The average Bonchev–Trinajstić information content (AvgIpc) is 3.90. The lowest BCUT2D eigenvalue weighted by atomic mass is 9.99. The Hall–Kier alpha value is -5.93. The van der Waals surface area contributed by atoms with Crippen LogP contribution in [0, 0.1) is 17.0 Å². The molecule has 9 heteroatoms. The summed E-state index contributed by atoms with van der Waals surface area (Å²) in [7, 11) is 0. The van der Waals surface area contributed by atoms with Crippen LogP contribution in [0.15, 0.2) is 150 Å². The Morgan fingerprint density at radius 3 is 2.29 bits per heavy atom. The quantitative estimate of drug-likeness (QED) is 0.144. The van der Waals surface area contributed by atoms with Crippen LogP contribution in [0.1, 0.15) is 22.3 Å². The van der Waals surface area contributed by atoms with Crippen LogP contribution < -0.4 is 0 Å². The van der Waals surface area contributed by atoms with Crippen LogP contribution in [0.4, 0.5) is 18.9 Å². The van der Waals surface area contributed by atoms with Crippen molar-refractivity contribution in [2.75, 3.05) is 0 Å². The van der Waals surface area contributed by atoms with Gasteiger partial charge in [-0.3, -0.25) is 10.1 Å². The van der Waals surface area contributed by atoms with Crippen molar-refractivity contribution in [3.8, 4) is 16.8 Å². The number of fused-ring (bicyclic) bond motifs is 6. The van der Waals surface area contributed by atoms with Gasteiger partial charge in [-0.15, -0.1) is 0 Å². The van der Waals surface area contributed by atoms with Gasteiger partial charge in [-0.1, -0.05) is 107 Å². The highest BCUT2D eigenvalue weighted by Gasteiger charge is 2.34. The molecule has 0 atom stereocenters. The molecule has 0 saturated heterocycles. The van der Waals surface area contributed by atoms with E-state index in [1.54, 1.807) is 35.0 Å². The lowest BCUT2D eigenvalue weighted by molar-refractivity contribution is -0.384. The monoisotopic (exact) mass is 757 g/mol. The number of nitrogens with one attached hydrogen (secondary N) is 1. The molecule has 2 heterocycles.